The van der Waals surface area contributed by atoms with Crippen LogP contribution in [0, 0.1) is 6.92 Å². The first-order chi connectivity index (χ1) is 21.2. The standard InChI is InChI=1S/C30H38FN6O6PS/c1-17(2)41-28(39)18(3)35-44(45,43-22-14-10-12-20-11-8-9-13-21(20)22)40-15-23-25(38)30(5,31)29(42-23)37-16-32-24-26(36(6)7)33-19(4)34-27(24)37/h8-14,16-18,23,25,29,38H,15H2,1-7H3,(H,35,45)/t18-,23+,25+,29+,30+,44+/m0/s1. The van der Waals surface area contributed by atoms with Crippen molar-refractivity contribution in [3.05, 3.63) is 54.6 Å². The normalized spacial score (nSPS) is 23.7. The van der Waals surface area contributed by atoms with Crippen molar-refractivity contribution in [3.63, 3.8) is 0 Å². The average molecular weight is 661 g/mol. The predicted molar refractivity (Wildman–Crippen MR) is 172 cm³/mol. The first kappa shape index (κ1) is 33.1. The van der Waals surface area contributed by atoms with Crippen LogP contribution < -0.4 is 14.5 Å². The summed E-state index contributed by atoms with van der Waals surface area (Å²) in [5, 5.41) is 15.8. The van der Waals surface area contributed by atoms with E-state index in [9.17, 15) is 9.90 Å². The topological polar surface area (TPSA) is 133 Å². The van der Waals surface area contributed by atoms with Crippen LogP contribution in [0.15, 0.2) is 48.8 Å². The highest BCUT2D eigenvalue weighted by atomic mass is 32.5. The van der Waals surface area contributed by atoms with E-state index < -0.39 is 42.8 Å². The van der Waals surface area contributed by atoms with Crippen molar-refractivity contribution in [2.24, 2.45) is 0 Å². The largest absolute Gasteiger partial charge is 0.462 e. The molecule has 2 aromatic heterocycles. The molecule has 3 heterocycles. The highest BCUT2D eigenvalue weighted by molar-refractivity contribution is 8.09. The van der Waals surface area contributed by atoms with Crippen LogP contribution in [0.4, 0.5) is 10.2 Å². The van der Waals surface area contributed by atoms with E-state index in [2.05, 4.69) is 20.0 Å². The second-order valence-electron chi connectivity index (χ2n) is 11.6. The number of carbonyl (C=O) groups is 1. The number of anilines is 1. The van der Waals surface area contributed by atoms with Crippen molar-refractivity contribution in [2.75, 3.05) is 25.6 Å². The molecule has 4 aromatic rings. The SMILES string of the molecule is Cc1nc(N(C)C)c2ncn([C@@H]3O[C@H](CO[P@](=S)(N[C@@H](C)C(=O)OC(C)C)Oc4cccc5ccccc45)[C@@H](O)[C@@]3(C)F)c2n1. The Balaban J connectivity index is 1.42. The lowest BCUT2D eigenvalue weighted by atomic mass is 9.98. The minimum atomic E-state index is -3.54. The Hall–Kier alpha value is -3.26. The van der Waals surface area contributed by atoms with Crippen LogP contribution in [0.2, 0.25) is 0 Å². The molecule has 1 aliphatic rings. The fraction of sp³-hybridized carbons (Fsp3) is 0.467. The van der Waals surface area contributed by atoms with Crippen molar-refractivity contribution in [3.8, 4) is 5.75 Å². The number of halogens is 1. The van der Waals surface area contributed by atoms with Gasteiger partial charge in [0, 0.05) is 19.5 Å². The summed E-state index contributed by atoms with van der Waals surface area (Å²) in [6, 6.07) is 12.2. The van der Waals surface area contributed by atoms with Gasteiger partial charge in [-0.3, -0.25) is 9.36 Å². The first-order valence-corrected chi connectivity index (χ1v) is 17.1. The smallest absolute Gasteiger partial charge is 0.323 e. The number of esters is 1. The van der Waals surface area contributed by atoms with Crippen molar-refractivity contribution < 1.29 is 32.8 Å². The van der Waals surface area contributed by atoms with E-state index in [0.717, 1.165) is 10.8 Å². The van der Waals surface area contributed by atoms with Gasteiger partial charge in [-0.15, -0.1) is 0 Å². The van der Waals surface area contributed by atoms with Gasteiger partial charge < -0.3 is 28.5 Å². The number of hydrogen-bond donors (Lipinski definition) is 2. The summed E-state index contributed by atoms with van der Waals surface area (Å²) in [5.74, 6) is 0.928. The molecule has 12 nitrogen and oxygen atoms in total. The van der Waals surface area contributed by atoms with Crippen LogP contribution in [0.1, 0.15) is 39.7 Å². The van der Waals surface area contributed by atoms with Gasteiger partial charge in [-0.1, -0.05) is 36.4 Å². The molecule has 6 atom stereocenters. The minimum absolute atomic E-state index is 0.345. The predicted octanol–water partition coefficient (Wildman–Crippen LogP) is 4.59. The van der Waals surface area contributed by atoms with Crippen molar-refractivity contribution in [1.29, 1.82) is 0 Å². The average Bonchev–Trinajstić information content (AvgIpc) is 3.48. The van der Waals surface area contributed by atoms with Crippen LogP contribution in [0.3, 0.4) is 0 Å². The Labute approximate surface area is 266 Å². The number of nitrogens with one attached hydrogen (secondary N) is 1. The van der Waals surface area contributed by atoms with E-state index in [-0.39, 0.29) is 12.7 Å². The highest BCUT2D eigenvalue weighted by Gasteiger charge is 2.56. The summed E-state index contributed by atoms with van der Waals surface area (Å²) >= 11 is 5.89. The molecule has 2 aromatic carbocycles. The number of aryl methyl sites for hydroxylation is 1. The maximum absolute atomic E-state index is 16.3. The zero-order chi connectivity index (χ0) is 32.7. The number of aliphatic hydroxyl groups excluding tert-OH is 1. The Morgan fingerprint density at radius 2 is 1.93 bits per heavy atom. The number of carbonyl (C=O) groups excluding carboxylic acids is 1. The summed E-state index contributed by atoms with van der Waals surface area (Å²) in [6.45, 7) is 4.17. The number of imidazole rings is 1. The molecule has 0 aliphatic carbocycles. The molecular formula is C30H38FN6O6PS. The Kier molecular flexibility index (Phi) is 9.46. The molecular weight excluding hydrogens is 622 g/mol. The molecule has 0 amide bonds. The number of ether oxygens (including phenoxy) is 2. The third kappa shape index (κ3) is 6.81. The third-order valence-corrected chi connectivity index (χ3v) is 9.83. The number of fused-ring (bicyclic) bond motifs is 2. The van der Waals surface area contributed by atoms with E-state index >= 15 is 4.39 Å². The molecule has 0 bridgehead atoms. The van der Waals surface area contributed by atoms with Crippen LogP contribution in [-0.4, -0.2) is 81.3 Å². The van der Waals surface area contributed by atoms with E-state index in [1.54, 1.807) is 38.7 Å². The third-order valence-electron chi connectivity index (χ3n) is 7.34. The van der Waals surface area contributed by atoms with E-state index in [4.69, 9.17) is 30.3 Å². The van der Waals surface area contributed by atoms with Gasteiger partial charge in [0.25, 0.3) is 0 Å². The van der Waals surface area contributed by atoms with Gasteiger partial charge in [0.1, 0.15) is 29.8 Å². The van der Waals surface area contributed by atoms with E-state index in [1.807, 2.05) is 50.5 Å². The quantitative estimate of drug-likeness (QED) is 0.172. The van der Waals surface area contributed by atoms with Crippen molar-refractivity contribution in [2.45, 2.75) is 70.9 Å². The molecule has 0 unspecified atom stereocenters. The maximum atomic E-state index is 16.3. The Morgan fingerprint density at radius 3 is 2.64 bits per heavy atom. The van der Waals surface area contributed by atoms with Gasteiger partial charge in [-0.25, -0.2) is 24.4 Å². The number of rotatable bonds is 11. The van der Waals surface area contributed by atoms with Gasteiger partial charge in [0.2, 0.25) is 0 Å². The van der Waals surface area contributed by atoms with Crippen molar-refractivity contribution in [1.82, 2.24) is 24.6 Å². The molecule has 15 heteroatoms. The first-order valence-electron chi connectivity index (χ1n) is 14.5. The molecule has 2 N–H and O–H groups in total. The van der Waals surface area contributed by atoms with Gasteiger partial charge in [0.15, 0.2) is 28.9 Å². The van der Waals surface area contributed by atoms with Crippen LogP contribution in [0.5, 0.6) is 5.75 Å². The van der Waals surface area contributed by atoms with E-state index in [1.165, 1.54) is 17.8 Å². The molecule has 1 aliphatic heterocycles. The molecule has 1 fully saturated rings. The maximum Gasteiger partial charge on any atom is 0.323 e. The monoisotopic (exact) mass is 660 g/mol. The van der Waals surface area contributed by atoms with Gasteiger partial charge in [-0.05, 0) is 57.9 Å². The van der Waals surface area contributed by atoms with Crippen molar-refractivity contribution >= 4 is 52.2 Å². The Morgan fingerprint density at radius 1 is 1.22 bits per heavy atom. The number of aromatic nitrogens is 4. The highest BCUT2D eigenvalue weighted by Crippen LogP contribution is 2.49. The Bertz CT molecular complexity index is 1750. The molecule has 0 saturated carbocycles. The number of alkyl halides is 1. The summed E-state index contributed by atoms with van der Waals surface area (Å²) < 4.78 is 41.6. The molecule has 0 radical (unpaired) electrons. The van der Waals surface area contributed by atoms with Crippen LogP contribution in [0.25, 0.3) is 21.9 Å². The number of hydrogen-bond acceptors (Lipinski definition) is 11. The second kappa shape index (κ2) is 12.9. The van der Waals surface area contributed by atoms with E-state index in [0.29, 0.717) is 28.6 Å². The lowest BCUT2D eigenvalue weighted by Crippen LogP contribution is -2.41. The summed E-state index contributed by atoms with van der Waals surface area (Å²) in [7, 11) is 3.65. The second-order valence-corrected chi connectivity index (χ2v) is 14.8. The summed E-state index contributed by atoms with van der Waals surface area (Å²) in [6.07, 6.45) is -2.98. The van der Waals surface area contributed by atoms with Crippen LogP contribution in [-0.2, 0) is 30.6 Å². The van der Waals surface area contributed by atoms with Gasteiger partial charge in [0.05, 0.1) is 19.0 Å². The fourth-order valence-corrected chi connectivity index (χ4v) is 7.55. The molecule has 242 valence electrons. The molecule has 5 rings (SSSR count). The van der Waals surface area contributed by atoms with Crippen LogP contribution >= 0.6 is 6.64 Å². The summed E-state index contributed by atoms with van der Waals surface area (Å²) in [4.78, 5) is 27.8. The zero-order valence-electron chi connectivity index (χ0n) is 26.2. The molecule has 1 saturated heterocycles. The molecule has 45 heavy (non-hydrogen) atoms. The lowest BCUT2D eigenvalue weighted by Gasteiger charge is -2.28. The van der Waals surface area contributed by atoms with Gasteiger partial charge in [-0.2, -0.15) is 0 Å². The zero-order valence-corrected chi connectivity index (χ0v) is 27.9. The molecule has 0 spiro atoms. The summed E-state index contributed by atoms with van der Waals surface area (Å²) in [5.41, 5.74) is -1.44. The lowest BCUT2D eigenvalue weighted by molar-refractivity contribution is -0.149. The minimum Gasteiger partial charge on any atom is -0.462 e. The fourth-order valence-electron chi connectivity index (χ4n) is 5.13. The van der Waals surface area contributed by atoms with Gasteiger partial charge >= 0.3 is 12.6 Å². The number of nitrogens with zero attached hydrogens (tertiary/aromatic N) is 5. The number of benzene rings is 2. The number of aliphatic hydroxyl groups is 1.